The van der Waals surface area contributed by atoms with Gasteiger partial charge >= 0.3 is 0 Å². The number of rotatable bonds is 6. The van der Waals surface area contributed by atoms with Crippen LogP contribution in [0.2, 0.25) is 10.0 Å². The van der Waals surface area contributed by atoms with Crippen LogP contribution >= 0.6 is 51.3 Å². The van der Waals surface area contributed by atoms with Gasteiger partial charge in [-0.15, -0.1) is 0 Å². The lowest BCUT2D eigenvalue weighted by atomic mass is 10.2. The zero-order valence-corrected chi connectivity index (χ0v) is 20.3. The molecular weight excluding hydrogens is 538 g/mol. The largest absolute Gasteiger partial charge is 0.316 e. The van der Waals surface area contributed by atoms with E-state index < -0.39 is 0 Å². The van der Waals surface area contributed by atoms with Crippen LogP contribution in [0.15, 0.2) is 65.4 Å². The molecular formula is C21H16BrCl2FN6S. The second-order valence-corrected chi connectivity index (χ2v) is 8.93. The summed E-state index contributed by atoms with van der Waals surface area (Å²) in [6.45, 7) is 0.786. The molecule has 0 aliphatic rings. The van der Waals surface area contributed by atoms with E-state index in [0.717, 1.165) is 5.56 Å². The fourth-order valence-corrected chi connectivity index (χ4v) is 3.92. The van der Waals surface area contributed by atoms with Crippen molar-refractivity contribution in [3.8, 4) is 0 Å². The third-order valence-electron chi connectivity index (χ3n) is 4.47. The predicted molar refractivity (Wildman–Crippen MR) is 133 cm³/mol. The van der Waals surface area contributed by atoms with Crippen molar-refractivity contribution in [1.29, 1.82) is 0 Å². The van der Waals surface area contributed by atoms with Gasteiger partial charge in [0.2, 0.25) is 0 Å². The lowest BCUT2D eigenvalue weighted by molar-refractivity contribution is 0.586. The van der Waals surface area contributed by atoms with Gasteiger partial charge in [0.1, 0.15) is 5.82 Å². The molecule has 2 heterocycles. The molecule has 0 bridgehead atoms. The minimum atomic E-state index is -0.384. The van der Waals surface area contributed by atoms with Crippen LogP contribution in [0.4, 0.5) is 16.0 Å². The van der Waals surface area contributed by atoms with Crippen molar-refractivity contribution >= 4 is 68.1 Å². The SMILES string of the molecule is Fc1cccc(Cl)c1Cn1cc(Br)c(NC(=S)Nc2ccn(Cc3ccc(Cl)cc3)n2)n1. The monoisotopic (exact) mass is 552 g/mol. The van der Waals surface area contributed by atoms with E-state index in [0.29, 0.717) is 43.4 Å². The standard InChI is InChI=1S/C21H16BrCl2FN6S/c22-16-12-31(11-15-17(24)2-1-3-18(15)25)29-20(16)27-21(32)26-19-8-9-30(28-19)10-13-4-6-14(23)7-5-13/h1-9,12H,10-11H2,(H2,26,27,28,29,32). The fourth-order valence-electron chi connectivity index (χ4n) is 2.96. The van der Waals surface area contributed by atoms with E-state index in [1.165, 1.54) is 6.07 Å². The maximum Gasteiger partial charge on any atom is 0.177 e. The molecule has 2 N–H and O–H groups in total. The normalized spacial score (nSPS) is 10.9. The molecule has 164 valence electrons. The molecule has 0 saturated heterocycles. The Hall–Kier alpha value is -2.46. The van der Waals surface area contributed by atoms with Gasteiger partial charge in [-0.3, -0.25) is 9.36 Å². The number of thiocarbonyl (C=S) groups is 1. The van der Waals surface area contributed by atoms with Gasteiger partial charge < -0.3 is 10.6 Å². The lowest BCUT2D eigenvalue weighted by Gasteiger charge is -2.07. The molecule has 0 unspecified atom stereocenters. The number of nitrogens with zero attached hydrogens (tertiary/aromatic N) is 4. The molecule has 2 aromatic heterocycles. The Morgan fingerprint density at radius 1 is 1.00 bits per heavy atom. The Kier molecular flexibility index (Phi) is 7.10. The van der Waals surface area contributed by atoms with Crippen molar-refractivity contribution in [2.24, 2.45) is 0 Å². The number of hydrogen-bond donors (Lipinski definition) is 2. The first-order valence-corrected chi connectivity index (χ1v) is 11.3. The Balaban J connectivity index is 1.37. The molecule has 0 aliphatic carbocycles. The molecule has 0 radical (unpaired) electrons. The van der Waals surface area contributed by atoms with Crippen LogP contribution in [0.3, 0.4) is 0 Å². The summed E-state index contributed by atoms with van der Waals surface area (Å²) >= 11 is 20.8. The van der Waals surface area contributed by atoms with E-state index in [4.69, 9.17) is 35.4 Å². The lowest BCUT2D eigenvalue weighted by Crippen LogP contribution is -2.20. The number of anilines is 2. The van der Waals surface area contributed by atoms with Gasteiger partial charge in [0.15, 0.2) is 16.7 Å². The van der Waals surface area contributed by atoms with Gasteiger partial charge in [0.25, 0.3) is 0 Å². The summed E-state index contributed by atoms with van der Waals surface area (Å²) in [7, 11) is 0. The first-order chi connectivity index (χ1) is 15.4. The van der Waals surface area contributed by atoms with Crippen molar-refractivity contribution in [1.82, 2.24) is 19.6 Å². The zero-order chi connectivity index (χ0) is 22.7. The van der Waals surface area contributed by atoms with Crippen LogP contribution in [0.5, 0.6) is 0 Å². The summed E-state index contributed by atoms with van der Waals surface area (Å²) in [6.07, 6.45) is 3.57. The molecule has 0 aliphatic heterocycles. The first-order valence-electron chi connectivity index (χ1n) is 9.39. The van der Waals surface area contributed by atoms with Crippen LogP contribution in [-0.2, 0) is 13.1 Å². The maximum absolute atomic E-state index is 14.1. The highest BCUT2D eigenvalue weighted by Crippen LogP contribution is 2.24. The van der Waals surface area contributed by atoms with Crippen LogP contribution in [0.25, 0.3) is 0 Å². The Bertz CT molecular complexity index is 1240. The summed E-state index contributed by atoms with van der Waals surface area (Å²) in [6, 6.07) is 14.0. The Morgan fingerprint density at radius 2 is 1.78 bits per heavy atom. The highest BCUT2D eigenvalue weighted by atomic mass is 79.9. The molecule has 0 fully saturated rings. The van der Waals surface area contributed by atoms with Crippen molar-refractivity contribution in [2.75, 3.05) is 10.6 Å². The van der Waals surface area contributed by atoms with E-state index in [1.807, 2.05) is 36.5 Å². The number of halogens is 4. The second kappa shape index (κ2) is 9.99. The number of nitrogens with one attached hydrogen (secondary N) is 2. The highest BCUT2D eigenvalue weighted by molar-refractivity contribution is 9.10. The smallest absolute Gasteiger partial charge is 0.177 e. The molecule has 0 saturated carbocycles. The first kappa shape index (κ1) is 22.7. The molecule has 6 nitrogen and oxygen atoms in total. The van der Waals surface area contributed by atoms with Crippen LogP contribution in [-0.4, -0.2) is 24.7 Å². The summed E-state index contributed by atoms with van der Waals surface area (Å²) in [5.41, 5.74) is 1.44. The third kappa shape index (κ3) is 5.66. The van der Waals surface area contributed by atoms with Gasteiger partial charge in [-0.05, 0) is 58.0 Å². The third-order valence-corrected chi connectivity index (χ3v) is 5.86. The topological polar surface area (TPSA) is 59.7 Å². The van der Waals surface area contributed by atoms with E-state index in [2.05, 4.69) is 36.8 Å². The fraction of sp³-hybridized carbons (Fsp3) is 0.0952. The van der Waals surface area contributed by atoms with E-state index in [1.54, 1.807) is 27.7 Å². The predicted octanol–water partition coefficient (Wildman–Crippen LogP) is 6.19. The summed E-state index contributed by atoms with van der Waals surface area (Å²) in [5, 5.41) is 16.3. The summed E-state index contributed by atoms with van der Waals surface area (Å²) in [5.74, 6) is 0.686. The molecule has 0 amide bonds. The van der Waals surface area contributed by atoms with Gasteiger partial charge in [0, 0.05) is 34.1 Å². The molecule has 11 heteroatoms. The number of benzene rings is 2. The molecule has 0 spiro atoms. The second-order valence-electron chi connectivity index (χ2n) is 6.83. The molecule has 0 atom stereocenters. The van der Waals surface area contributed by atoms with Gasteiger partial charge in [-0.25, -0.2) is 4.39 Å². The highest BCUT2D eigenvalue weighted by Gasteiger charge is 2.13. The number of aromatic nitrogens is 4. The van der Waals surface area contributed by atoms with E-state index in [9.17, 15) is 4.39 Å². The number of hydrogen-bond acceptors (Lipinski definition) is 3. The van der Waals surface area contributed by atoms with Gasteiger partial charge in [-0.2, -0.15) is 10.2 Å². The molecule has 4 aromatic rings. The molecule has 4 rings (SSSR count). The van der Waals surface area contributed by atoms with Crippen LogP contribution in [0.1, 0.15) is 11.1 Å². The van der Waals surface area contributed by atoms with Crippen molar-refractivity contribution in [2.45, 2.75) is 13.1 Å². The minimum absolute atomic E-state index is 0.182. The maximum atomic E-state index is 14.1. The summed E-state index contributed by atoms with van der Waals surface area (Å²) < 4.78 is 18.1. The van der Waals surface area contributed by atoms with Crippen molar-refractivity contribution in [3.63, 3.8) is 0 Å². The zero-order valence-electron chi connectivity index (χ0n) is 16.4. The molecule has 2 aromatic carbocycles. The summed E-state index contributed by atoms with van der Waals surface area (Å²) in [4.78, 5) is 0. The van der Waals surface area contributed by atoms with Gasteiger partial charge in [0.05, 0.1) is 17.6 Å². The van der Waals surface area contributed by atoms with E-state index in [-0.39, 0.29) is 12.4 Å². The van der Waals surface area contributed by atoms with Crippen molar-refractivity contribution < 1.29 is 4.39 Å². The Morgan fingerprint density at radius 3 is 2.53 bits per heavy atom. The van der Waals surface area contributed by atoms with Crippen LogP contribution < -0.4 is 10.6 Å². The van der Waals surface area contributed by atoms with E-state index >= 15 is 0 Å². The molecule has 32 heavy (non-hydrogen) atoms. The van der Waals surface area contributed by atoms with Gasteiger partial charge in [-0.1, -0.05) is 41.4 Å². The minimum Gasteiger partial charge on any atom is -0.316 e. The van der Waals surface area contributed by atoms with Crippen LogP contribution in [0, 0.1) is 5.82 Å². The average Bonchev–Trinajstić information content (AvgIpc) is 3.32. The van der Waals surface area contributed by atoms with Crippen molar-refractivity contribution in [3.05, 3.63) is 92.4 Å². The Labute approximate surface area is 207 Å². The quantitative estimate of drug-likeness (QED) is 0.279. The average molecular weight is 554 g/mol.